The molecule has 2 N–H and O–H groups in total. The molecule has 0 aliphatic rings. The zero-order valence-electron chi connectivity index (χ0n) is 15.6. The number of aryl methyl sites for hydroxylation is 1. The van der Waals surface area contributed by atoms with Gasteiger partial charge in [-0.25, -0.2) is 26.4 Å². The van der Waals surface area contributed by atoms with Crippen LogP contribution < -0.4 is 10.0 Å². The minimum Gasteiger partial charge on any atom is -0.465 e. The van der Waals surface area contributed by atoms with E-state index in [0.29, 0.717) is 5.56 Å². The topological polar surface area (TPSA) is 84.5 Å². The zero-order chi connectivity index (χ0) is 22.1. The van der Waals surface area contributed by atoms with Crippen molar-refractivity contribution in [3.8, 4) is 0 Å². The van der Waals surface area contributed by atoms with Crippen molar-refractivity contribution >= 4 is 44.4 Å². The number of nitrogens with one attached hydrogen (secondary N) is 2. The fourth-order valence-electron chi connectivity index (χ4n) is 2.56. The van der Waals surface area contributed by atoms with E-state index in [0.717, 1.165) is 30.6 Å². The highest BCUT2D eigenvalue weighted by atomic mass is 32.2. The summed E-state index contributed by atoms with van der Waals surface area (Å²) in [6, 6.07) is 6.90. The maximum Gasteiger partial charge on any atom is 0.349 e. The van der Waals surface area contributed by atoms with Crippen molar-refractivity contribution in [3.05, 3.63) is 69.7 Å². The molecule has 0 fully saturated rings. The van der Waals surface area contributed by atoms with Gasteiger partial charge in [-0.05, 0) is 48.2 Å². The van der Waals surface area contributed by atoms with Crippen LogP contribution in [0.1, 0.15) is 15.2 Å². The van der Waals surface area contributed by atoms with E-state index in [4.69, 9.17) is 0 Å². The molecule has 1 aromatic heterocycles. The first kappa shape index (κ1) is 21.7. The summed E-state index contributed by atoms with van der Waals surface area (Å²) in [6.07, 6.45) is 0. The minimum absolute atomic E-state index is 0.184. The lowest BCUT2D eigenvalue weighted by atomic mass is 10.2. The predicted molar refractivity (Wildman–Crippen MR) is 107 cm³/mol. The van der Waals surface area contributed by atoms with Crippen LogP contribution >= 0.6 is 11.3 Å². The maximum atomic E-state index is 14.5. The summed E-state index contributed by atoms with van der Waals surface area (Å²) in [6.45, 7) is 1.65. The Morgan fingerprint density at radius 3 is 2.40 bits per heavy atom. The lowest BCUT2D eigenvalue weighted by Crippen LogP contribution is -2.17. The number of sulfonamides is 1. The SMILES string of the molecule is COC(=O)c1sccc1S(=O)(=O)Nc1ccc(F)c(F)c1Nc1ccc(C)cc1F. The van der Waals surface area contributed by atoms with E-state index in [9.17, 15) is 26.4 Å². The summed E-state index contributed by atoms with van der Waals surface area (Å²) in [7, 11) is -3.28. The molecule has 0 spiro atoms. The molecule has 158 valence electrons. The molecule has 0 saturated heterocycles. The summed E-state index contributed by atoms with van der Waals surface area (Å²) < 4.78 is 74.7. The van der Waals surface area contributed by atoms with Gasteiger partial charge in [-0.2, -0.15) is 0 Å². The molecule has 0 bridgehead atoms. The third-order valence-corrected chi connectivity index (χ3v) is 6.44. The Morgan fingerprint density at radius 2 is 1.73 bits per heavy atom. The average Bonchev–Trinajstić information content (AvgIpc) is 3.19. The highest BCUT2D eigenvalue weighted by molar-refractivity contribution is 7.93. The van der Waals surface area contributed by atoms with Crippen LogP contribution in [-0.2, 0) is 14.8 Å². The van der Waals surface area contributed by atoms with Crippen LogP contribution in [0.5, 0.6) is 0 Å². The van der Waals surface area contributed by atoms with E-state index in [2.05, 4.69) is 14.8 Å². The van der Waals surface area contributed by atoms with Gasteiger partial charge in [0.25, 0.3) is 10.0 Å². The third kappa shape index (κ3) is 4.26. The number of anilines is 3. The molecule has 11 heteroatoms. The summed E-state index contributed by atoms with van der Waals surface area (Å²) in [4.78, 5) is 11.2. The molecule has 6 nitrogen and oxygen atoms in total. The molecule has 0 aliphatic heterocycles. The van der Waals surface area contributed by atoms with Gasteiger partial charge in [0.05, 0.1) is 18.5 Å². The van der Waals surface area contributed by atoms with E-state index < -0.39 is 44.0 Å². The molecule has 3 aromatic rings. The van der Waals surface area contributed by atoms with Gasteiger partial charge in [0.15, 0.2) is 11.6 Å². The maximum absolute atomic E-state index is 14.5. The molecule has 30 heavy (non-hydrogen) atoms. The number of thiophene rings is 1. The normalized spacial score (nSPS) is 11.2. The van der Waals surface area contributed by atoms with E-state index in [-0.39, 0.29) is 16.3 Å². The zero-order valence-corrected chi connectivity index (χ0v) is 17.3. The van der Waals surface area contributed by atoms with Gasteiger partial charge in [0.1, 0.15) is 21.3 Å². The molecular weight excluding hydrogens is 441 g/mol. The Morgan fingerprint density at radius 1 is 1.03 bits per heavy atom. The molecule has 0 aliphatic carbocycles. The fourth-order valence-corrected chi connectivity index (χ4v) is 4.97. The monoisotopic (exact) mass is 456 g/mol. The van der Waals surface area contributed by atoms with Crippen molar-refractivity contribution in [1.82, 2.24) is 0 Å². The van der Waals surface area contributed by atoms with Crippen LogP contribution in [0.3, 0.4) is 0 Å². The average molecular weight is 456 g/mol. The van der Waals surface area contributed by atoms with Gasteiger partial charge in [0, 0.05) is 0 Å². The molecule has 0 saturated carbocycles. The van der Waals surface area contributed by atoms with Crippen LogP contribution in [0.4, 0.5) is 30.2 Å². The quantitative estimate of drug-likeness (QED) is 0.521. The number of carbonyl (C=O) groups excluding carboxylic acids is 1. The van der Waals surface area contributed by atoms with Gasteiger partial charge in [-0.15, -0.1) is 11.3 Å². The van der Waals surface area contributed by atoms with Gasteiger partial charge < -0.3 is 10.1 Å². The molecule has 3 rings (SSSR count). The smallest absolute Gasteiger partial charge is 0.349 e. The lowest BCUT2D eigenvalue weighted by Gasteiger charge is -2.16. The molecule has 0 unspecified atom stereocenters. The third-order valence-electron chi connectivity index (χ3n) is 4.01. The highest BCUT2D eigenvalue weighted by Crippen LogP contribution is 2.34. The number of methoxy groups -OCH3 is 1. The number of hydrogen-bond acceptors (Lipinski definition) is 6. The van der Waals surface area contributed by atoms with Gasteiger partial charge >= 0.3 is 5.97 Å². The standard InChI is InChI=1S/C19H15F3N2O4S2/c1-10-3-5-13(12(21)9-10)23-17-14(6-4-11(20)16(17)22)24-30(26,27)15-7-8-29-18(15)19(25)28-2/h3-9,23-24H,1-2H3. The van der Waals surface area contributed by atoms with E-state index in [1.165, 1.54) is 23.6 Å². The van der Waals surface area contributed by atoms with Crippen LogP contribution in [0.25, 0.3) is 0 Å². The van der Waals surface area contributed by atoms with Crippen molar-refractivity contribution in [1.29, 1.82) is 0 Å². The Balaban J connectivity index is 2.04. The van der Waals surface area contributed by atoms with Crippen molar-refractivity contribution in [3.63, 3.8) is 0 Å². The molecule has 0 radical (unpaired) electrons. The molecule has 1 heterocycles. The van der Waals surface area contributed by atoms with E-state index in [1.54, 1.807) is 13.0 Å². The number of ether oxygens (including phenoxy) is 1. The number of benzene rings is 2. The van der Waals surface area contributed by atoms with Gasteiger partial charge in [-0.3, -0.25) is 4.72 Å². The summed E-state index contributed by atoms with van der Waals surface area (Å²) >= 11 is 0.842. The van der Waals surface area contributed by atoms with Gasteiger partial charge in [0.2, 0.25) is 0 Å². The summed E-state index contributed by atoms with van der Waals surface area (Å²) in [5.41, 5.74) is -0.574. The number of halogens is 3. The van der Waals surface area contributed by atoms with Crippen molar-refractivity contribution in [2.24, 2.45) is 0 Å². The van der Waals surface area contributed by atoms with Crippen LogP contribution in [0.15, 0.2) is 46.7 Å². The number of carbonyl (C=O) groups is 1. The summed E-state index contributed by atoms with van der Waals surface area (Å²) in [5.74, 6) is -4.28. The Hall–Kier alpha value is -3.05. The summed E-state index contributed by atoms with van der Waals surface area (Å²) in [5, 5.41) is 3.76. The molecule has 0 atom stereocenters. The second-order valence-corrected chi connectivity index (χ2v) is 8.67. The predicted octanol–water partition coefficient (Wildman–Crippen LogP) is 4.80. The van der Waals surface area contributed by atoms with E-state index >= 15 is 0 Å². The first-order valence-corrected chi connectivity index (χ1v) is 10.7. The Bertz CT molecular complexity index is 1230. The highest BCUT2D eigenvalue weighted by Gasteiger charge is 2.27. The van der Waals surface area contributed by atoms with Gasteiger partial charge in [-0.1, -0.05) is 6.07 Å². The van der Waals surface area contributed by atoms with Crippen molar-refractivity contribution in [2.45, 2.75) is 11.8 Å². The number of esters is 1. The number of hydrogen-bond donors (Lipinski definition) is 2. The first-order chi connectivity index (χ1) is 14.1. The van der Waals surface area contributed by atoms with Crippen LogP contribution in [-0.4, -0.2) is 21.5 Å². The largest absolute Gasteiger partial charge is 0.465 e. The Labute approximate surface area is 174 Å². The fraction of sp³-hybridized carbons (Fsp3) is 0.105. The van der Waals surface area contributed by atoms with E-state index in [1.807, 2.05) is 0 Å². The lowest BCUT2D eigenvalue weighted by molar-refractivity contribution is 0.0602. The molecule has 2 aromatic carbocycles. The number of rotatable bonds is 6. The van der Waals surface area contributed by atoms with Crippen LogP contribution in [0, 0.1) is 24.4 Å². The molecule has 0 amide bonds. The Kier molecular flexibility index (Phi) is 6.04. The van der Waals surface area contributed by atoms with Crippen molar-refractivity contribution in [2.75, 3.05) is 17.1 Å². The minimum atomic E-state index is -4.38. The molecular formula is C19H15F3N2O4S2. The van der Waals surface area contributed by atoms with Crippen molar-refractivity contribution < 1.29 is 31.1 Å². The first-order valence-electron chi connectivity index (χ1n) is 8.34. The second kappa shape index (κ2) is 8.36. The van der Waals surface area contributed by atoms with Crippen LogP contribution in [0.2, 0.25) is 0 Å². The second-order valence-electron chi connectivity index (χ2n) is 6.10.